The number of alkyl halides is 2. The largest absolute Gasteiger partial charge is 0.386 e. The number of rotatable bonds is 6. The van der Waals surface area contributed by atoms with E-state index >= 15 is 0 Å². The lowest BCUT2D eigenvalue weighted by molar-refractivity contribution is -0.140. The van der Waals surface area contributed by atoms with Crippen molar-refractivity contribution in [3.63, 3.8) is 0 Å². The van der Waals surface area contributed by atoms with Crippen LogP contribution < -0.4 is 0 Å². The Labute approximate surface area is 111 Å². The highest BCUT2D eigenvalue weighted by molar-refractivity contribution is 5.53. The van der Waals surface area contributed by atoms with Crippen molar-refractivity contribution in [2.24, 2.45) is 0 Å². The lowest BCUT2D eigenvalue weighted by atomic mass is 9.97. The predicted molar refractivity (Wildman–Crippen MR) is 71.9 cm³/mol. The normalized spacial score (nSPS) is 15.9. The SMILES string of the molecule is C=CCC(F)(F)[C@@H](O)[C@@H](O)/C(C)=C/c1ccccc1. The van der Waals surface area contributed by atoms with Gasteiger partial charge in [0.05, 0.1) is 0 Å². The Morgan fingerprint density at radius 1 is 1.32 bits per heavy atom. The Morgan fingerprint density at radius 2 is 1.89 bits per heavy atom. The molecule has 0 spiro atoms. The summed E-state index contributed by atoms with van der Waals surface area (Å²) in [5, 5.41) is 19.3. The zero-order chi connectivity index (χ0) is 14.5. The van der Waals surface area contributed by atoms with E-state index in [0.717, 1.165) is 11.6 Å². The first kappa shape index (κ1) is 15.5. The van der Waals surface area contributed by atoms with Crippen LogP contribution in [0.5, 0.6) is 0 Å². The molecule has 0 fully saturated rings. The minimum atomic E-state index is -3.40. The van der Waals surface area contributed by atoms with E-state index in [9.17, 15) is 19.0 Å². The summed E-state index contributed by atoms with van der Waals surface area (Å²) < 4.78 is 26.9. The van der Waals surface area contributed by atoms with Crippen LogP contribution in [-0.2, 0) is 0 Å². The minimum Gasteiger partial charge on any atom is -0.386 e. The van der Waals surface area contributed by atoms with Gasteiger partial charge in [0.15, 0.2) is 0 Å². The Hall–Kier alpha value is -1.52. The first-order valence-electron chi connectivity index (χ1n) is 5.96. The molecule has 104 valence electrons. The molecule has 0 radical (unpaired) electrons. The second-order valence-electron chi connectivity index (χ2n) is 4.44. The van der Waals surface area contributed by atoms with Gasteiger partial charge in [-0.25, -0.2) is 8.78 Å². The van der Waals surface area contributed by atoms with Crippen LogP contribution >= 0.6 is 0 Å². The quantitative estimate of drug-likeness (QED) is 0.779. The first-order chi connectivity index (χ1) is 8.88. The van der Waals surface area contributed by atoms with E-state index in [4.69, 9.17) is 0 Å². The molecular formula is C15H18F2O2. The number of hydrogen-bond acceptors (Lipinski definition) is 2. The Balaban J connectivity index is 2.85. The number of benzene rings is 1. The maximum atomic E-state index is 13.5. The lowest BCUT2D eigenvalue weighted by Crippen LogP contribution is -2.42. The molecule has 0 aliphatic rings. The van der Waals surface area contributed by atoms with Crippen LogP contribution in [0, 0.1) is 0 Å². The average Bonchev–Trinajstić information content (AvgIpc) is 2.38. The fourth-order valence-electron chi connectivity index (χ4n) is 1.69. The second-order valence-corrected chi connectivity index (χ2v) is 4.44. The summed E-state index contributed by atoms with van der Waals surface area (Å²) in [7, 11) is 0. The molecule has 1 aromatic rings. The van der Waals surface area contributed by atoms with E-state index in [1.54, 1.807) is 30.3 Å². The minimum absolute atomic E-state index is 0.280. The monoisotopic (exact) mass is 268 g/mol. The van der Waals surface area contributed by atoms with Gasteiger partial charge in [-0.05, 0) is 18.1 Å². The molecule has 0 aromatic heterocycles. The van der Waals surface area contributed by atoms with Gasteiger partial charge in [-0.2, -0.15) is 0 Å². The molecule has 0 aliphatic carbocycles. The molecule has 2 atom stereocenters. The molecule has 2 nitrogen and oxygen atoms in total. The molecule has 19 heavy (non-hydrogen) atoms. The molecule has 0 bridgehead atoms. The van der Waals surface area contributed by atoms with Gasteiger partial charge in [0.2, 0.25) is 0 Å². The van der Waals surface area contributed by atoms with E-state index < -0.39 is 24.6 Å². The van der Waals surface area contributed by atoms with Crippen LogP contribution in [0.25, 0.3) is 6.08 Å². The van der Waals surface area contributed by atoms with Crippen LogP contribution in [0.15, 0.2) is 48.6 Å². The molecule has 1 aromatic carbocycles. The van der Waals surface area contributed by atoms with Crippen LogP contribution in [-0.4, -0.2) is 28.3 Å². The molecular weight excluding hydrogens is 250 g/mol. The molecule has 1 rings (SSSR count). The first-order valence-corrected chi connectivity index (χ1v) is 5.96. The van der Waals surface area contributed by atoms with Crippen molar-refractivity contribution in [2.75, 3.05) is 0 Å². The molecule has 0 heterocycles. The molecule has 0 amide bonds. The lowest BCUT2D eigenvalue weighted by Gasteiger charge is -2.26. The summed E-state index contributed by atoms with van der Waals surface area (Å²) in [6.45, 7) is 4.72. The van der Waals surface area contributed by atoms with Gasteiger partial charge >= 0.3 is 0 Å². The van der Waals surface area contributed by atoms with E-state index in [-0.39, 0.29) is 5.57 Å². The van der Waals surface area contributed by atoms with Gasteiger partial charge < -0.3 is 10.2 Å². The standard InChI is InChI=1S/C15H18F2O2/c1-3-9-15(16,17)14(19)13(18)11(2)10-12-7-5-4-6-8-12/h3-8,10,13-14,18-19H,1,9H2,2H3/b11-10+/t13-,14-/m0/s1. The van der Waals surface area contributed by atoms with Crippen molar-refractivity contribution < 1.29 is 19.0 Å². The van der Waals surface area contributed by atoms with E-state index in [1.807, 2.05) is 6.07 Å². The van der Waals surface area contributed by atoms with Gasteiger partial charge in [-0.1, -0.05) is 42.5 Å². The summed E-state index contributed by atoms with van der Waals surface area (Å²) in [5.74, 6) is -3.40. The number of halogens is 2. The number of allylic oxidation sites excluding steroid dienone is 1. The summed E-state index contributed by atoms with van der Waals surface area (Å²) in [4.78, 5) is 0. The van der Waals surface area contributed by atoms with Crippen molar-refractivity contribution >= 4 is 6.08 Å². The van der Waals surface area contributed by atoms with Crippen molar-refractivity contribution in [3.8, 4) is 0 Å². The molecule has 0 saturated carbocycles. The van der Waals surface area contributed by atoms with Crippen molar-refractivity contribution in [1.29, 1.82) is 0 Å². The van der Waals surface area contributed by atoms with E-state index in [0.29, 0.717) is 0 Å². The smallest absolute Gasteiger partial charge is 0.279 e. The number of aliphatic hydroxyl groups excluding tert-OH is 2. The van der Waals surface area contributed by atoms with E-state index in [1.165, 1.54) is 6.92 Å². The number of aliphatic hydroxyl groups is 2. The second kappa shape index (κ2) is 6.59. The van der Waals surface area contributed by atoms with Gasteiger partial charge in [0.1, 0.15) is 12.2 Å². The van der Waals surface area contributed by atoms with Crippen molar-refractivity contribution in [3.05, 3.63) is 54.1 Å². The number of hydrogen-bond donors (Lipinski definition) is 2. The van der Waals surface area contributed by atoms with Crippen LogP contribution in [0.2, 0.25) is 0 Å². The molecule has 0 saturated heterocycles. The zero-order valence-corrected chi connectivity index (χ0v) is 10.8. The summed E-state index contributed by atoms with van der Waals surface area (Å²) >= 11 is 0. The summed E-state index contributed by atoms with van der Waals surface area (Å²) in [6, 6.07) is 8.99. The predicted octanol–water partition coefficient (Wildman–Crippen LogP) is 3.02. The molecule has 4 heteroatoms. The van der Waals surface area contributed by atoms with Crippen molar-refractivity contribution in [2.45, 2.75) is 31.5 Å². The third-order valence-electron chi connectivity index (χ3n) is 2.81. The van der Waals surface area contributed by atoms with Crippen molar-refractivity contribution in [1.82, 2.24) is 0 Å². The summed E-state index contributed by atoms with van der Waals surface area (Å²) in [5.41, 5.74) is 1.06. The molecule has 2 N–H and O–H groups in total. The summed E-state index contributed by atoms with van der Waals surface area (Å²) in [6.07, 6.45) is -1.85. The van der Waals surface area contributed by atoms with Gasteiger partial charge in [0.25, 0.3) is 5.92 Å². The van der Waals surface area contributed by atoms with Crippen LogP contribution in [0.1, 0.15) is 18.9 Å². The Morgan fingerprint density at radius 3 is 2.42 bits per heavy atom. The van der Waals surface area contributed by atoms with Crippen LogP contribution in [0.4, 0.5) is 8.78 Å². The van der Waals surface area contributed by atoms with Gasteiger partial charge in [-0.15, -0.1) is 6.58 Å². The maximum Gasteiger partial charge on any atom is 0.279 e. The fraction of sp³-hybridized carbons (Fsp3) is 0.333. The topological polar surface area (TPSA) is 40.5 Å². The Bertz CT molecular complexity index is 441. The third-order valence-corrected chi connectivity index (χ3v) is 2.81. The van der Waals surface area contributed by atoms with Gasteiger partial charge in [0, 0.05) is 6.42 Å². The fourth-order valence-corrected chi connectivity index (χ4v) is 1.69. The highest BCUT2D eigenvalue weighted by atomic mass is 19.3. The maximum absolute atomic E-state index is 13.5. The average molecular weight is 268 g/mol. The highest BCUT2D eigenvalue weighted by Crippen LogP contribution is 2.28. The third kappa shape index (κ3) is 4.26. The van der Waals surface area contributed by atoms with Crippen LogP contribution in [0.3, 0.4) is 0 Å². The zero-order valence-electron chi connectivity index (χ0n) is 10.8. The van der Waals surface area contributed by atoms with E-state index in [2.05, 4.69) is 6.58 Å². The van der Waals surface area contributed by atoms with Gasteiger partial charge in [-0.3, -0.25) is 0 Å². The molecule has 0 aliphatic heterocycles. The molecule has 0 unspecified atom stereocenters. The highest BCUT2D eigenvalue weighted by Gasteiger charge is 2.41. The Kier molecular flexibility index (Phi) is 5.39.